The molecule has 0 saturated heterocycles. The van der Waals surface area contributed by atoms with E-state index in [1.54, 1.807) is 0 Å². The van der Waals surface area contributed by atoms with Crippen LogP contribution in [0.1, 0.15) is 12.0 Å². The maximum atomic E-state index is 13.4. The summed E-state index contributed by atoms with van der Waals surface area (Å²) in [5.41, 5.74) is 0.485. The highest BCUT2D eigenvalue weighted by atomic mass is 19.1. The fourth-order valence-corrected chi connectivity index (χ4v) is 2.28. The van der Waals surface area contributed by atoms with Crippen LogP contribution in [0, 0.1) is 23.5 Å². The highest BCUT2D eigenvalue weighted by Crippen LogP contribution is 2.38. The Bertz CT molecular complexity index is 479. The summed E-state index contributed by atoms with van der Waals surface area (Å²) >= 11 is 0. The Kier molecular flexibility index (Phi) is 4.14. The van der Waals surface area contributed by atoms with E-state index in [2.05, 4.69) is 0 Å². The number of aliphatic carboxylic acids is 1. The molecule has 1 aromatic rings. The molecule has 1 saturated carbocycles. The predicted octanol–water partition coefficient (Wildman–Crippen LogP) is 2.16. The molecule has 0 heterocycles. The Morgan fingerprint density at radius 3 is 2.79 bits per heavy atom. The Labute approximate surface area is 110 Å². The van der Waals surface area contributed by atoms with Crippen LogP contribution < -0.4 is 0 Å². The number of carboxylic acid groups (broad SMARTS) is 1. The molecule has 1 N–H and O–H groups in total. The molecule has 0 spiro atoms. The highest BCUT2D eigenvalue weighted by molar-refractivity contribution is 5.73. The number of hydrogen-bond acceptors (Lipinski definition) is 2. The van der Waals surface area contributed by atoms with Gasteiger partial charge in [-0.25, -0.2) is 8.78 Å². The van der Waals surface area contributed by atoms with Gasteiger partial charge in [0.25, 0.3) is 0 Å². The number of likely N-dealkylation sites (N-methyl/N-ethyl adjacent to an activating group) is 1. The lowest BCUT2D eigenvalue weighted by Gasteiger charge is -2.16. The second-order valence-electron chi connectivity index (χ2n) is 5.19. The summed E-state index contributed by atoms with van der Waals surface area (Å²) in [5.74, 6) is -1.84. The van der Waals surface area contributed by atoms with E-state index in [1.165, 1.54) is 12.1 Å². The zero-order chi connectivity index (χ0) is 14.0. The molecule has 1 aliphatic carbocycles. The van der Waals surface area contributed by atoms with Gasteiger partial charge < -0.3 is 10.0 Å². The van der Waals surface area contributed by atoms with Crippen LogP contribution in [0.2, 0.25) is 0 Å². The van der Waals surface area contributed by atoms with Crippen LogP contribution in [0.3, 0.4) is 0 Å². The highest BCUT2D eigenvalue weighted by Gasteiger charge is 2.43. The number of rotatable bonds is 6. The molecule has 0 amide bonds. The van der Waals surface area contributed by atoms with Crippen LogP contribution in [0.4, 0.5) is 8.78 Å². The molecule has 2 atom stereocenters. The average Bonchev–Trinajstić information content (AvgIpc) is 3.07. The van der Waals surface area contributed by atoms with E-state index in [-0.39, 0.29) is 11.8 Å². The number of carbonyl (C=O) groups is 1. The SMILES string of the molecule is CN(CCc1ccc(F)cc1F)CC1CC1C(=O)O. The molecular weight excluding hydrogens is 252 g/mol. The van der Waals surface area contributed by atoms with Crippen molar-refractivity contribution in [2.24, 2.45) is 11.8 Å². The number of halogens is 2. The molecule has 0 bridgehead atoms. The van der Waals surface area contributed by atoms with E-state index < -0.39 is 17.6 Å². The molecular formula is C14H17F2NO2. The van der Waals surface area contributed by atoms with Gasteiger partial charge in [-0.2, -0.15) is 0 Å². The van der Waals surface area contributed by atoms with Crippen LogP contribution in [0.15, 0.2) is 18.2 Å². The fraction of sp³-hybridized carbons (Fsp3) is 0.500. The van der Waals surface area contributed by atoms with E-state index >= 15 is 0 Å². The number of hydrogen-bond donors (Lipinski definition) is 1. The molecule has 2 unspecified atom stereocenters. The van der Waals surface area contributed by atoms with Crippen LogP contribution >= 0.6 is 0 Å². The van der Waals surface area contributed by atoms with E-state index in [4.69, 9.17) is 5.11 Å². The normalized spacial score (nSPS) is 21.7. The Balaban J connectivity index is 1.77. The molecule has 104 valence electrons. The van der Waals surface area contributed by atoms with Gasteiger partial charge in [0.15, 0.2) is 0 Å². The van der Waals surface area contributed by atoms with Gasteiger partial charge in [0.2, 0.25) is 0 Å². The summed E-state index contributed by atoms with van der Waals surface area (Å²) < 4.78 is 26.1. The Morgan fingerprint density at radius 2 is 2.21 bits per heavy atom. The van der Waals surface area contributed by atoms with Crippen molar-refractivity contribution in [1.82, 2.24) is 4.90 Å². The third kappa shape index (κ3) is 3.73. The zero-order valence-corrected chi connectivity index (χ0v) is 10.8. The van der Waals surface area contributed by atoms with Crippen molar-refractivity contribution < 1.29 is 18.7 Å². The first kappa shape index (κ1) is 13.9. The van der Waals surface area contributed by atoms with Crippen LogP contribution in [0.25, 0.3) is 0 Å². The first-order chi connectivity index (χ1) is 8.97. The summed E-state index contributed by atoms with van der Waals surface area (Å²) in [7, 11) is 1.89. The van der Waals surface area contributed by atoms with Gasteiger partial charge >= 0.3 is 5.97 Å². The van der Waals surface area contributed by atoms with E-state index in [0.29, 0.717) is 25.1 Å². The lowest BCUT2D eigenvalue weighted by molar-refractivity contribution is -0.138. The van der Waals surface area contributed by atoms with Crippen molar-refractivity contribution >= 4 is 5.97 Å². The Hall–Kier alpha value is -1.49. The molecule has 0 aromatic heterocycles. The quantitative estimate of drug-likeness (QED) is 0.860. The van der Waals surface area contributed by atoms with Crippen molar-refractivity contribution in [1.29, 1.82) is 0 Å². The monoisotopic (exact) mass is 269 g/mol. The summed E-state index contributed by atoms with van der Waals surface area (Å²) in [6, 6.07) is 3.59. The first-order valence-corrected chi connectivity index (χ1v) is 6.32. The van der Waals surface area contributed by atoms with Gasteiger partial charge in [-0.15, -0.1) is 0 Å². The lowest BCUT2D eigenvalue weighted by atomic mass is 10.1. The zero-order valence-electron chi connectivity index (χ0n) is 10.8. The second kappa shape index (κ2) is 5.65. The van der Waals surface area contributed by atoms with E-state index in [9.17, 15) is 13.6 Å². The number of benzene rings is 1. The summed E-state index contributed by atoms with van der Waals surface area (Å²) in [4.78, 5) is 12.7. The topological polar surface area (TPSA) is 40.5 Å². The molecule has 2 rings (SSSR count). The molecule has 0 radical (unpaired) electrons. The van der Waals surface area contributed by atoms with Crippen LogP contribution in [-0.2, 0) is 11.2 Å². The van der Waals surface area contributed by atoms with Gasteiger partial charge in [-0.3, -0.25) is 4.79 Å². The van der Waals surface area contributed by atoms with Crippen molar-refractivity contribution in [2.75, 3.05) is 20.1 Å². The maximum absolute atomic E-state index is 13.4. The molecule has 5 heteroatoms. The van der Waals surface area contributed by atoms with Crippen LogP contribution in [0.5, 0.6) is 0 Å². The molecule has 19 heavy (non-hydrogen) atoms. The minimum absolute atomic E-state index is 0.209. The van der Waals surface area contributed by atoms with Crippen molar-refractivity contribution in [2.45, 2.75) is 12.8 Å². The minimum atomic E-state index is -0.733. The second-order valence-corrected chi connectivity index (χ2v) is 5.19. The summed E-state index contributed by atoms with van der Waals surface area (Å²) in [6.45, 7) is 1.34. The van der Waals surface area contributed by atoms with Crippen molar-refractivity contribution in [3.63, 3.8) is 0 Å². The standard InChI is InChI=1S/C14H17F2NO2/c1-17(8-10-6-12(10)14(18)19)5-4-9-2-3-11(15)7-13(9)16/h2-3,7,10,12H,4-6,8H2,1H3,(H,18,19). The fourth-order valence-electron chi connectivity index (χ4n) is 2.28. The Morgan fingerprint density at radius 1 is 1.47 bits per heavy atom. The van der Waals surface area contributed by atoms with Gasteiger partial charge in [0, 0.05) is 19.2 Å². The summed E-state index contributed by atoms with van der Waals surface area (Å²) in [5, 5.41) is 8.80. The predicted molar refractivity (Wildman–Crippen MR) is 66.8 cm³/mol. The van der Waals surface area contributed by atoms with Crippen LogP contribution in [-0.4, -0.2) is 36.1 Å². The molecule has 1 fully saturated rings. The van der Waals surface area contributed by atoms with Gasteiger partial charge in [-0.1, -0.05) is 6.07 Å². The number of nitrogens with zero attached hydrogens (tertiary/aromatic N) is 1. The largest absolute Gasteiger partial charge is 0.481 e. The van der Waals surface area contributed by atoms with E-state index in [1.807, 2.05) is 11.9 Å². The number of carboxylic acids is 1. The van der Waals surface area contributed by atoms with Gasteiger partial charge in [-0.05, 0) is 37.4 Å². The van der Waals surface area contributed by atoms with Gasteiger partial charge in [0.1, 0.15) is 11.6 Å². The van der Waals surface area contributed by atoms with Crippen molar-refractivity contribution in [3.8, 4) is 0 Å². The minimum Gasteiger partial charge on any atom is -0.481 e. The summed E-state index contributed by atoms with van der Waals surface area (Å²) in [6.07, 6.45) is 1.22. The van der Waals surface area contributed by atoms with Gasteiger partial charge in [0.05, 0.1) is 5.92 Å². The molecule has 3 nitrogen and oxygen atoms in total. The third-order valence-corrected chi connectivity index (χ3v) is 3.56. The lowest BCUT2D eigenvalue weighted by Crippen LogP contribution is -2.25. The van der Waals surface area contributed by atoms with E-state index in [0.717, 1.165) is 12.5 Å². The maximum Gasteiger partial charge on any atom is 0.306 e. The average molecular weight is 269 g/mol. The molecule has 1 aliphatic rings. The third-order valence-electron chi connectivity index (χ3n) is 3.56. The first-order valence-electron chi connectivity index (χ1n) is 6.32. The van der Waals surface area contributed by atoms with Crippen molar-refractivity contribution in [3.05, 3.63) is 35.4 Å². The molecule has 0 aliphatic heterocycles. The smallest absolute Gasteiger partial charge is 0.306 e. The molecule has 1 aromatic carbocycles.